The highest BCUT2D eigenvalue weighted by Crippen LogP contribution is 2.30. The quantitative estimate of drug-likeness (QED) is 0.616. The molecule has 0 aliphatic heterocycles. The maximum atomic E-state index is 12.4. The summed E-state index contributed by atoms with van der Waals surface area (Å²) in [6, 6.07) is 13.4. The molecular weight excluding hydrogens is 360 g/mol. The van der Waals surface area contributed by atoms with E-state index in [9.17, 15) is 4.79 Å². The monoisotopic (exact) mass is 374 g/mol. The number of thiophene rings is 1. The van der Waals surface area contributed by atoms with Crippen molar-refractivity contribution in [1.29, 1.82) is 0 Å². The second-order valence-corrected chi connectivity index (χ2v) is 7.44. The Hall–Kier alpha value is -1.82. The lowest BCUT2D eigenvalue weighted by atomic mass is 10.2. The van der Waals surface area contributed by atoms with Gasteiger partial charge in [0.15, 0.2) is 0 Å². The van der Waals surface area contributed by atoms with Gasteiger partial charge in [-0.15, -0.1) is 23.1 Å². The Morgan fingerprint density at radius 3 is 2.58 bits per heavy atom. The van der Waals surface area contributed by atoms with Crippen molar-refractivity contribution in [2.45, 2.75) is 17.2 Å². The molecule has 2 aromatic heterocycles. The highest BCUT2D eigenvalue weighted by atomic mass is 35.5. The number of nitrogens with one attached hydrogen (secondary N) is 1. The lowest BCUT2D eigenvalue weighted by Gasteiger charge is -2.06. The van der Waals surface area contributed by atoms with E-state index in [1.807, 2.05) is 47.8 Å². The van der Waals surface area contributed by atoms with Gasteiger partial charge in [0, 0.05) is 34.6 Å². The minimum absolute atomic E-state index is 0.0443. The summed E-state index contributed by atoms with van der Waals surface area (Å²) in [5.74, 6) is 0.772. The van der Waals surface area contributed by atoms with Crippen LogP contribution in [0.3, 0.4) is 0 Å². The van der Waals surface area contributed by atoms with Crippen molar-refractivity contribution >= 4 is 40.6 Å². The van der Waals surface area contributed by atoms with Gasteiger partial charge in [0.2, 0.25) is 0 Å². The zero-order valence-corrected chi connectivity index (χ0v) is 15.1. The lowest BCUT2D eigenvalue weighted by molar-refractivity contribution is 0.0952. The van der Waals surface area contributed by atoms with Gasteiger partial charge in [-0.25, -0.2) is 0 Å². The molecule has 122 valence electrons. The third-order valence-corrected chi connectivity index (χ3v) is 5.77. The number of amides is 1. The summed E-state index contributed by atoms with van der Waals surface area (Å²) in [5.41, 5.74) is 2.21. The van der Waals surface area contributed by atoms with E-state index in [0.29, 0.717) is 11.6 Å². The summed E-state index contributed by atoms with van der Waals surface area (Å²) in [4.78, 5) is 18.2. The Morgan fingerprint density at radius 2 is 1.83 bits per heavy atom. The summed E-state index contributed by atoms with van der Waals surface area (Å²) in [6.07, 6.45) is 3.56. The number of thioether (sulfide) groups is 1. The summed E-state index contributed by atoms with van der Waals surface area (Å²) < 4.78 is 0. The van der Waals surface area contributed by atoms with E-state index < -0.39 is 0 Å². The summed E-state index contributed by atoms with van der Waals surface area (Å²) >= 11 is 9.00. The molecule has 0 radical (unpaired) electrons. The zero-order valence-electron chi connectivity index (χ0n) is 12.7. The maximum absolute atomic E-state index is 12.4. The molecule has 0 fully saturated rings. The fraction of sp³-hybridized carbons (Fsp3) is 0.111. The third kappa shape index (κ3) is 4.60. The van der Waals surface area contributed by atoms with E-state index in [0.717, 1.165) is 21.1 Å². The molecule has 0 atom stereocenters. The topological polar surface area (TPSA) is 42.0 Å². The van der Waals surface area contributed by atoms with Crippen molar-refractivity contribution in [1.82, 2.24) is 10.3 Å². The minimum Gasteiger partial charge on any atom is -0.347 e. The van der Waals surface area contributed by atoms with Crippen LogP contribution in [0.1, 0.15) is 20.8 Å². The summed E-state index contributed by atoms with van der Waals surface area (Å²) in [7, 11) is 0. The fourth-order valence-corrected chi connectivity index (χ4v) is 4.22. The van der Waals surface area contributed by atoms with E-state index in [4.69, 9.17) is 11.6 Å². The molecule has 1 amide bonds. The molecule has 0 aliphatic rings. The van der Waals surface area contributed by atoms with Crippen LogP contribution in [0.5, 0.6) is 0 Å². The molecule has 0 bridgehead atoms. The summed E-state index contributed by atoms with van der Waals surface area (Å²) in [6.45, 7) is 0.488. The van der Waals surface area contributed by atoms with Gasteiger partial charge in [-0.05, 0) is 46.8 Å². The first-order valence-corrected chi connectivity index (χ1v) is 9.58. The Labute approximate surface area is 154 Å². The number of rotatable bonds is 6. The number of carbonyl (C=O) groups is 1. The Kier molecular flexibility index (Phi) is 5.91. The normalized spacial score (nSPS) is 10.5. The number of halogens is 1. The Balaban J connectivity index is 1.59. The fourth-order valence-electron chi connectivity index (χ4n) is 2.08. The van der Waals surface area contributed by atoms with Gasteiger partial charge in [-0.1, -0.05) is 23.7 Å². The molecule has 0 saturated carbocycles. The molecule has 1 N–H and O–H groups in total. The third-order valence-electron chi connectivity index (χ3n) is 3.35. The number of carbonyl (C=O) groups excluding carboxylic acids is 1. The first kappa shape index (κ1) is 17.0. The number of benzene rings is 1. The van der Waals surface area contributed by atoms with E-state index in [1.54, 1.807) is 24.2 Å². The van der Waals surface area contributed by atoms with E-state index in [1.165, 1.54) is 16.9 Å². The zero-order chi connectivity index (χ0) is 16.8. The number of hydrogen-bond acceptors (Lipinski definition) is 4. The average molecular weight is 375 g/mol. The second kappa shape index (κ2) is 8.33. The maximum Gasteiger partial charge on any atom is 0.262 e. The van der Waals surface area contributed by atoms with Crippen LogP contribution in [-0.4, -0.2) is 10.9 Å². The number of aromatic nitrogens is 1. The number of hydrogen-bond donors (Lipinski definition) is 1. The van der Waals surface area contributed by atoms with Crippen LogP contribution < -0.4 is 5.32 Å². The molecule has 0 spiro atoms. The van der Waals surface area contributed by atoms with Gasteiger partial charge in [0.25, 0.3) is 5.91 Å². The predicted octanol–water partition coefficient (Wildman–Crippen LogP) is 5.02. The molecule has 0 aliphatic carbocycles. The van der Waals surface area contributed by atoms with Crippen LogP contribution in [0, 0.1) is 0 Å². The Morgan fingerprint density at radius 1 is 1.08 bits per heavy atom. The molecule has 1 aromatic carbocycles. The second-order valence-electron chi connectivity index (χ2n) is 5.07. The van der Waals surface area contributed by atoms with Gasteiger partial charge in [0.1, 0.15) is 4.88 Å². The molecule has 6 heteroatoms. The van der Waals surface area contributed by atoms with Crippen LogP contribution in [0.15, 0.2) is 65.1 Å². The van der Waals surface area contributed by atoms with Crippen molar-refractivity contribution in [3.63, 3.8) is 0 Å². The van der Waals surface area contributed by atoms with E-state index in [2.05, 4.69) is 10.3 Å². The highest BCUT2D eigenvalue weighted by molar-refractivity contribution is 7.98. The van der Waals surface area contributed by atoms with Crippen LogP contribution >= 0.6 is 34.7 Å². The van der Waals surface area contributed by atoms with Crippen LogP contribution in [-0.2, 0) is 12.3 Å². The van der Waals surface area contributed by atoms with Crippen molar-refractivity contribution in [2.75, 3.05) is 0 Å². The molecular formula is C18H15ClN2OS2. The van der Waals surface area contributed by atoms with Crippen molar-refractivity contribution < 1.29 is 4.79 Å². The molecule has 24 heavy (non-hydrogen) atoms. The SMILES string of the molecule is O=C(NCc1ccc(Cl)cc1)c1sccc1SCc1ccncc1. The minimum atomic E-state index is -0.0443. The van der Waals surface area contributed by atoms with Gasteiger partial charge in [0.05, 0.1) is 0 Å². The average Bonchev–Trinajstić information content (AvgIpc) is 3.09. The Bertz CT molecular complexity index is 803. The van der Waals surface area contributed by atoms with Crippen LogP contribution in [0.4, 0.5) is 0 Å². The lowest BCUT2D eigenvalue weighted by Crippen LogP contribution is -2.22. The van der Waals surface area contributed by atoms with Crippen molar-refractivity contribution in [2.24, 2.45) is 0 Å². The summed E-state index contributed by atoms with van der Waals surface area (Å²) in [5, 5.41) is 5.61. The van der Waals surface area contributed by atoms with Gasteiger partial charge >= 0.3 is 0 Å². The van der Waals surface area contributed by atoms with Crippen LogP contribution in [0.25, 0.3) is 0 Å². The molecule has 3 rings (SSSR count). The molecule has 3 nitrogen and oxygen atoms in total. The van der Waals surface area contributed by atoms with E-state index in [-0.39, 0.29) is 5.91 Å². The largest absolute Gasteiger partial charge is 0.347 e. The van der Waals surface area contributed by atoms with Crippen LogP contribution in [0.2, 0.25) is 5.02 Å². The molecule has 2 heterocycles. The highest BCUT2D eigenvalue weighted by Gasteiger charge is 2.13. The number of nitrogens with zero attached hydrogens (tertiary/aromatic N) is 1. The van der Waals surface area contributed by atoms with Gasteiger partial charge in [-0.3, -0.25) is 9.78 Å². The standard InChI is InChI=1S/C18H15ClN2OS2/c19-15-3-1-13(2-4-15)11-21-18(22)17-16(7-10-23-17)24-12-14-5-8-20-9-6-14/h1-10H,11-12H2,(H,21,22). The molecule has 3 aromatic rings. The molecule has 0 unspecified atom stereocenters. The van der Waals surface area contributed by atoms with Crippen molar-refractivity contribution in [3.05, 3.63) is 81.3 Å². The van der Waals surface area contributed by atoms with E-state index >= 15 is 0 Å². The van der Waals surface area contributed by atoms with Gasteiger partial charge in [-0.2, -0.15) is 0 Å². The smallest absolute Gasteiger partial charge is 0.262 e. The predicted molar refractivity (Wildman–Crippen MR) is 101 cm³/mol. The van der Waals surface area contributed by atoms with Crippen molar-refractivity contribution in [3.8, 4) is 0 Å². The first-order valence-electron chi connectivity index (χ1n) is 7.34. The van der Waals surface area contributed by atoms with Gasteiger partial charge < -0.3 is 5.32 Å². The molecule has 0 saturated heterocycles. The number of pyridine rings is 1. The first-order chi connectivity index (χ1) is 11.7.